The number of carbonyl (C=O) groups is 1. The fourth-order valence-electron chi connectivity index (χ4n) is 0.865. The first-order valence-electron chi connectivity index (χ1n) is 3.22. The molecule has 58 valence electrons. The second-order valence-electron chi connectivity index (χ2n) is 2.22. The molecule has 1 aromatic carbocycles. The van der Waals surface area contributed by atoms with E-state index in [9.17, 15) is 4.79 Å². The van der Waals surface area contributed by atoms with Gasteiger partial charge >= 0.3 is 5.97 Å². The van der Waals surface area contributed by atoms with E-state index in [2.05, 4.69) is 4.84 Å². The molecule has 0 bridgehead atoms. The molecule has 0 heterocycles. The van der Waals surface area contributed by atoms with Crippen molar-refractivity contribution in [2.45, 2.75) is 6.92 Å². The molecule has 3 heteroatoms. The third-order valence-corrected chi connectivity index (χ3v) is 1.47. The molecule has 1 rings (SSSR count). The van der Waals surface area contributed by atoms with Crippen LogP contribution < -0.4 is 5.90 Å². The SMILES string of the molecule is Cc1ccccc1C(=O)ON. The van der Waals surface area contributed by atoms with Crippen molar-refractivity contribution in [3.8, 4) is 0 Å². The molecule has 0 unspecified atom stereocenters. The van der Waals surface area contributed by atoms with E-state index < -0.39 is 5.97 Å². The van der Waals surface area contributed by atoms with Gasteiger partial charge < -0.3 is 4.84 Å². The van der Waals surface area contributed by atoms with Crippen LogP contribution in [-0.4, -0.2) is 5.97 Å². The third kappa shape index (κ3) is 1.56. The summed E-state index contributed by atoms with van der Waals surface area (Å²) in [6.45, 7) is 1.83. The minimum Gasteiger partial charge on any atom is -0.370 e. The zero-order valence-corrected chi connectivity index (χ0v) is 6.20. The maximum Gasteiger partial charge on any atom is 0.356 e. The van der Waals surface area contributed by atoms with Gasteiger partial charge in [0.2, 0.25) is 0 Å². The van der Waals surface area contributed by atoms with Crippen LogP contribution in [0.15, 0.2) is 24.3 Å². The summed E-state index contributed by atoms with van der Waals surface area (Å²) < 4.78 is 0. The first kappa shape index (κ1) is 7.75. The molecule has 0 fully saturated rings. The van der Waals surface area contributed by atoms with E-state index in [-0.39, 0.29) is 0 Å². The Kier molecular flexibility index (Phi) is 2.23. The van der Waals surface area contributed by atoms with Gasteiger partial charge in [0.1, 0.15) is 0 Å². The number of carbonyl (C=O) groups excluding carboxylic acids is 1. The van der Waals surface area contributed by atoms with Gasteiger partial charge in [-0.3, -0.25) is 0 Å². The summed E-state index contributed by atoms with van der Waals surface area (Å²) >= 11 is 0. The Balaban J connectivity index is 3.03. The van der Waals surface area contributed by atoms with Gasteiger partial charge in [0.25, 0.3) is 0 Å². The fraction of sp³-hybridized carbons (Fsp3) is 0.125. The van der Waals surface area contributed by atoms with Crippen molar-refractivity contribution in [2.75, 3.05) is 0 Å². The lowest BCUT2D eigenvalue weighted by Gasteiger charge is -2.00. The molecule has 0 radical (unpaired) electrons. The van der Waals surface area contributed by atoms with E-state index in [0.717, 1.165) is 5.56 Å². The van der Waals surface area contributed by atoms with Crippen molar-refractivity contribution in [1.82, 2.24) is 0 Å². The highest BCUT2D eigenvalue weighted by Gasteiger charge is 2.06. The third-order valence-electron chi connectivity index (χ3n) is 1.47. The summed E-state index contributed by atoms with van der Waals surface area (Å²) in [6.07, 6.45) is 0. The Bertz CT molecular complexity index is 271. The number of hydrogen-bond acceptors (Lipinski definition) is 3. The van der Waals surface area contributed by atoms with E-state index in [1.807, 2.05) is 19.1 Å². The largest absolute Gasteiger partial charge is 0.370 e. The zero-order chi connectivity index (χ0) is 8.27. The van der Waals surface area contributed by atoms with Gasteiger partial charge in [0.05, 0.1) is 5.56 Å². The summed E-state index contributed by atoms with van der Waals surface area (Å²) in [5.74, 6) is 4.23. The molecule has 0 aliphatic rings. The number of benzene rings is 1. The minimum absolute atomic E-state index is 0.497. The van der Waals surface area contributed by atoms with E-state index in [1.165, 1.54) is 0 Å². The van der Waals surface area contributed by atoms with Gasteiger partial charge in [0, 0.05) is 0 Å². The molecule has 0 aliphatic carbocycles. The predicted octanol–water partition coefficient (Wildman–Crippen LogP) is 1.03. The van der Waals surface area contributed by atoms with Crippen LogP contribution in [0.5, 0.6) is 0 Å². The predicted molar refractivity (Wildman–Crippen MR) is 40.8 cm³/mol. The highest BCUT2D eigenvalue weighted by Crippen LogP contribution is 2.06. The maximum absolute atomic E-state index is 10.9. The van der Waals surface area contributed by atoms with Gasteiger partial charge in [0.15, 0.2) is 0 Å². The molecule has 1 aromatic rings. The average Bonchev–Trinajstić information content (AvgIpc) is 2.04. The lowest BCUT2D eigenvalue weighted by atomic mass is 10.1. The molecule has 0 amide bonds. The Labute approximate surface area is 64.7 Å². The molecule has 3 nitrogen and oxygen atoms in total. The van der Waals surface area contributed by atoms with Crippen LogP contribution in [0.2, 0.25) is 0 Å². The van der Waals surface area contributed by atoms with Crippen LogP contribution in [0, 0.1) is 6.92 Å². The molecule has 11 heavy (non-hydrogen) atoms. The standard InChI is InChI=1S/C8H9NO2/c1-6-4-2-3-5-7(6)8(10)11-9/h2-5H,9H2,1H3. The molecule has 0 atom stereocenters. The first-order chi connectivity index (χ1) is 5.25. The number of rotatable bonds is 1. The summed E-state index contributed by atoms with van der Waals surface area (Å²) in [7, 11) is 0. The second kappa shape index (κ2) is 3.16. The Morgan fingerprint density at radius 3 is 2.64 bits per heavy atom. The number of aryl methyl sites for hydroxylation is 1. The molecule has 2 N–H and O–H groups in total. The van der Waals surface area contributed by atoms with Crippen molar-refractivity contribution < 1.29 is 9.63 Å². The van der Waals surface area contributed by atoms with Crippen LogP contribution >= 0.6 is 0 Å². The second-order valence-corrected chi connectivity index (χ2v) is 2.22. The lowest BCUT2D eigenvalue weighted by molar-refractivity contribution is 0.0502. The Morgan fingerprint density at radius 2 is 2.09 bits per heavy atom. The van der Waals surface area contributed by atoms with Crippen LogP contribution in [-0.2, 0) is 4.84 Å². The van der Waals surface area contributed by atoms with E-state index in [1.54, 1.807) is 12.1 Å². The van der Waals surface area contributed by atoms with E-state index >= 15 is 0 Å². The summed E-state index contributed by atoms with van der Waals surface area (Å²) in [5, 5.41) is 0. The topological polar surface area (TPSA) is 52.3 Å². The quantitative estimate of drug-likeness (QED) is 0.610. The van der Waals surface area contributed by atoms with Crippen LogP contribution in [0.25, 0.3) is 0 Å². The molecule has 0 aromatic heterocycles. The zero-order valence-electron chi connectivity index (χ0n) is 6.20. The van der Waals surface area contributed by atoms with Crippen molar-refractivity contribution in [1.29, 1.82) is 0 Å². The maximum atomic E-state index is 10.9. The summed E-state index contributed by atoms with van der Waals surface area (Å²) in [4.78, 5) is 15.0. The lowest BCUT2D eigenvalue weighted by Crippen LogP contribution is -2.11. The van der Waals surface area contributed by atoms with Gasteiger partial charge in [-0.1, -0.05) is 18.2 Å². The molecule has 0 saturated heterocycles. The molecular formula is C8H9NO2. The van der Waals surface area contributed by atoms with Crippen LogP contribution in [0.1, 0.15) is 15.9 Å². The number of hydrogen-bond donors (Lipinski definition) is 1. The summed E-state index contributed by atoms with van der Waals surface area (Å²) in [6, 6.07) is 7.11. The molecule has 0 spiro atoms. The van der Waals surface area contributed by atoms with E-state index in [4.69, 9.17) is 5.90 Å². The van der Waals surface area contributed by atoms with Crippen LogP contribution in [0.4, 0.5) is 0 Å². The van der Waals surface area contributed by atoms with E-state index in [0.29, 0.717) is 5.56 Å². The Hall–Kier alpha value is -1.35. The smallest absolute Gasteiger partial charge is 0.356 e. The normalized spacial score (nSPS) is 9.27. The highest BCUT2D eigenvalue weighted by molar-refractivity contribution is 5.90. The summed E-state index contributed by atoms with van der Waals surface area (Å²) in [5.41, 5.74) is 1.37. The molecular weight excluding hydrogens is 142 g/mol. The Morgan fingerprint density at radius 1 is 1.45 bits per heavy atom. The first-order valence-corrected chi connectivity index (χ1v) is 3.22. The van der Waals surface area contributed by atoms with Gasteiger partial charge in [-0.2, -0.15) is 5.90 Å². The minimum atomic E-state index is -0.497. The van der Waals surface area contributed by atoms with Gasteiger partial charge in [-0.05, 0) is 18.6 Å². The van der Waals surface area contributed by atoms with Crippen molar-refractivity contribution in [2.24, 2.45) is 5.90 Å². The molecule has 0 aliphatic heterocycles. The number of nitrogens with two attached hydrogens (primary N) is 1. The fourth-order valence-corrected chi connectivity index (χ4v) is 0.865. The monoisotopic (exact) mass is 151 g/mol. The van der Waals surface area contributed by atoms with Gasteiger partial charge in [-0.25, -0.2) is 4.79 Å². The van der Waals surface area contributed by atoms with Crippen molar-refractivity contribution >= 4 is 5.97 Å². The highest BCUT2D eigenvalue weighted by atomic mass is 16.7. The van der Waals surface area contributed by atoms with Crippen molar-refractivity contribution in [3.63, 3.8) is 0 Å². The van der Waals surface area contributed by atoms with Crippen molar-refractivity contribution in [3.05, 3.63) is 35.4 Å². The average molecular weight is 151 g/mol. The van der Waals surface area contributed by atoms with Crippen LogP contribution in [0.3, 0.4) is 0 Å². The molecule has 0 saturated carbocycles. The van der Waals surface area contributed by atoms with Gasteiger partial charge in [-0.15, -0.1) is 0 Å².